The molecule has 0 atom stereocenters. The molecule has 1 fully saturated rings. The van der Waals surface area contributed by atoms with Crippen molar-refractivity contribution >= 4 is 23.4 Å². The second-order valence-corrected chi connectivity index (χ2v) is 7.80. The van der Waals surface area contributed by atoms with Gasteiger partial charge in [-0.25, -0.2) is 4.39 Å². The lowest BCUT2D eigenvalue weighted by molar-refractivity contribution is -0.128. The Balaban J connectivity index is 1.27. The zero-order valence-electron chi connectivity index (χ0n) is 16.0. The standard InChI is InChI=1S/C21H21FN4O2S/c1-15-2-4-16(5-3-15)20-23-24-21(28-20)29-14-19(27)26-12-10-25(11-13-26)18-8-6-17(22)7-9-18/h2-9H,10-14H2,1H3. The number of benzene rings is 2. The number of rotatable bonds is 5. The molecule has 0 saturated carbocycles. The Morgan fingerprint density at radius 1 is 1.03 bits per heavy atom. The largest absolute Gasteiger partial charge is 0.411 e. The average molecular weight is 412 g/mol. The van der Waals surface area contributed by atoms with Crippen molar-refractivity contribution in [1.29, 1.82) is 0 Å². The van der Waals surface area contributed by atoms with Gasteiger partial charge >= 0.3 is 0 Å². The molecule has 8 heteroatoms. The number of hydrogen-bond donors (Lipinski definition) is 0. The molecule has 0 spiro atoms. The summed E-state index contributed by atoms with van der Waals surface area (Å²) in [4.78, 5) is 16.5. The third-order valence-electron chi connectivity index (χ3n) is 4.85. The zero-order chi connectivity index (χ0) is 20.2. The fourth-order valence-electron chi connectivity index (χ4n) is 3.16. The lowest BCUT2D eigenvalue weighted by Gasteiger charge is -2.36. The third kappa shape index (κ3) is 4.76. The smallest absolute Gasteiger partial charge is 0.277 e. The number of hydrogen-bond acceptors (Lipinski definition) is 6. The number of nitrogens with zero attached hydrogens (tertiary/aromatic N) is 4. The lowest BCUT2D eigenvalue weighted by Crippen LogP contribution is -2.49. The van der Waals surface area contributed by atoms with Gasteiger partial charge < -0.3 is 14.2 Å². The van der Waals surface area contributed by atoms with Crippen LogP contribution >= 0.6 is 11.8 Å². The molecule has 2 heterocycles. The number of carbonyl (C=O) groups excluding carboxylic acids is 1. The Hall–Kier alpha value is -2.87. The normalized spacial score (nSPS) is 14.3. The molecule has 0 unspecified atom stereocenters. The Morgan fingerprint density at radius 3 is 2.41 bits per heavy atom. The molecule has 1 amide bonds. The first-order chi connectivity index (χ1) is 14.1. The number of thioether (sulfide) groups is 1. The maximum Gasteiger partial charge on any atom is 0.277 e. The Labute approximate surface area is 172 Å². The number of amides is 1. The quantitative estimate of drug-likeness (QED) is 0.597. The molecule has 1 aromatic heterocycles. The van der Waals surface area contributed by atoms with Crippen LogP contribution in [0.25, 0.3) is 11.5 Å². The van der Waals surface area contributed by atoms with Crippen LogP contribution in [0, 0.1) is 12.7 Å². The minimum absolute atomic E-state index is 0.0452. The van der Waals surface area contributed by atoms with Gasteiger partial charge in [-0.05, 0) is 43.3 Å². The van der Waals surface area contributed by atoms with Gasteiger partial charge in [-0.1, -0.05) is 29.5 Å². The second-order valence-electron chi connectivity index (χ2n) is 6.87. The average Bonchev–Trinajstić information content (AvgIpc) is 3.22. The van der Waals surface area contributed by atoms with Gasteiger partial charge in [0, 0.05) is 37.4 Å². The van der Waals surface area contributed by atoms with Crippen LogP contribution in [0.4, 0.5) is 10.1 Å². The van der Waals surface area contributed by atoms with E-state index in [4.69, 9.17) is 4.42 Å². The predicted molar refractivity (Wildman–Crippen MR) is 110 cm³/mol. The van der Waals surface area contributed by atoms with Crippen molar-refractivity contribution in [3.63, 3.8) is 0 Å². The van der Waals surface area contributed by atoms with E-state index >= 15 is 0 Å². The molecule has 0 bridgehead atoms. The highest BCUT2D eigenvalue weighted by Crippen LogP contribution is 2.24. The van der Waals surface area contributed by atoms with Crippen LogP contribution in [0.5, 0.6) is 0 Å². The first-order valence-corrected chi connectivity index (χ1v) is 10.4. The summed E-state index contributed by atoms with van der Waals surface area (Å²) in [5, 5.41) is 8.48. The van der Waals surface area contributed by atoms with E-state index in [0.717, 1.165) is 29.9 Å². The summed E-state index contributed by atoms with van der Waals surface area (Å²) in [6, 6.07) is 14.3. The molecule has 2 aromatic carbocycles. The Bertz CT molecular complexity index is 967. The summed E-state index contributed by atoms with van der Waals surface area (Å²) in [5.74, 6) is 0.509. The van der Waals surface area contributed by atoms with Gasteiger partial charge in [-0.2, -0.15) is 0 Å². The molecule has 29 heavy (non-hydrogen) atoms. The highest BCUT2D eigenvalue weighted by atomic mass is 32.2. The van der Waals surface area contributed by atoms with Crippen molar-refractivity contribution in [3.8, 4) is 11.5 Å². The van der Waals surface area contributed by atoms with Crippen LogP contribution < -0.4 is 4.90 Å². The van der Waals surface area contributed by atoms with E-state index in [1.165, 1.54) is 23.9 Å². The number of aryl methyl sites for hydroxylation is 1. The van der Waals surface area contributed by atoms with E-state index in [-0.39, 0.29) is 17.5 Å². The molecule has 1 aliphatic heterocycles. The zero-order valence-corrected chi connectivity index (χ0v) is 16.9. The SMILES string of the molecule is Cc1ccc(-c2nnc(SCC(=O)N3CCN(c4ccc(F)cc4)CC3)o2)cc1. The molecular weight excluding hydrogens is 391 g/mol. The summed E-state index contributed by atoms with van der Waals surface area (Å²) in [7, 11) is 0. The van der Waals surface area contributed by atoms with Gasteiger partial charge in [0.05, 0.1) is 5.75 Å². The summed E-state index contributed by atoms with van der Waals surface area (Å²) in [5.41, 5.74) is 2.99. The van der Waals surface area contributed by atoms with E-state index in [0.29, 0.717) is 24.2 Å². The third-order valence-corrected chi connectivity index (χ3v) is 5.65. The molecule has 0 N–H and O–H groups in total. The highest BCUT2D eigenvalue weighted by Gasteiger charge is 2.22. The Kier molecular flexibility index (Phi) is 5.80. The van der Waals surface area contributed by atoms with Gasteiger partial charge in [0.2, 0.25) is 11.8 Å². The van der Waals surface area contributed by atoms with Crippen molar-refractivity contribution in [3.05, 3.63) is 59.9 Å². The van der Waals surface area contributed by atoms with E-state index in [1.807, 2.05) is 36.1 Å². The molecular formula is C21H21FN4O2S. The molecule has 1 aliphatic rings. The first-order valence-electron chi connectivity index (χ1n) is 9.40. The molecule has 0 aliphatic carbocycles. The van der Waals surface area contributed by atoms with Crippen molar-refractivity contribution in [1.82, 2.24) is 15.1 Å². The van der Waals surface area contributed by atoms with Crippen LogP contribution in [0.2, 0.25) is 0 Å². The van der Waals surface area contributed by atoms with Gasteiger partial charge in [-0.15, -0.1) is 10.2 Å². The first kappa shape index (κ1) is 19.4. The van der Waals surface area contributed by atoms with Crippen molar-refractivity contribution in [2.24, 2.45) is 0 Å². The summed E-state index contributed by atoms with van der Waals surface area (Å²) >= 11 is 1.25. The van der Waals surface area contributed by atoms with Crippen molar-refractivity contribution < 1.29 is 13.6 Å². The maximum absolute atomic E-state index is 13.1. The lowest BCUT2D eigenvalue weighted by atomic mass is 10.1. The fraction of sp³-hybridized carbons (Fsp3) is 0.286. The predicted octanol–water partition coefficient (Wildman–Crippen LogP) is 3.63. The number of piperazine rings is 1. The van der Waals surface area contributed by atoms with Crippen LogP contribution in [0.15, 0.2) is 58.2 Å². The van der Waals surface area contributed by atoms with E-state index in [2.05, 4.69) is 15.1 Å². The second kappa shape index (κ2) is 8.65. The van der Waals surface area contributed by atoms with Crippen LogP contribution in [-0.2, 0) is 4.79 Å². The van der Waals surface area contributed by atoms with Gasteiger partial charge in [0.15, 0.2) is 0 Å². The van der Waals surface area contributed by atoms with Crippen LogP contribution in [-0.4, -0.2) is 52.9 Å². The summed E-state index contributed by atoms with van der Waals surface area (Å²) < 4.78 is 18.7. The van der Waals surface area contributed by atoms with Gasteiger partial charge in [-0.3, -0.25) is 4.79 Å². The molecule has 4 rings (SSSR count). The van der Waals surface area contributed by atoms with Crippen molar-refractivity contribution in [2.45, 2.75) is 12.1 Å². The van der Waals surface area contributed by atoms with Gasteiger partial charge in [0.25, 0.3) is 5.22 Å². The topological polar surface area (TPSA) is 62.5 Å². The molecule has 1 saturated heterocycles. The summed E-state index contributed by atoms with van der Waals surface area (Å²) in [6.07, 6.45) is 0. The molecule has 6 nitrogen and oxygen atoms in total. The fourth-order valence-corrected chi connectivity index (χ4v) is 3.83. The number of anilines is 1. The van der Waals surface area contributed by atoms with Crippen molar-refractivity contribution in [2.75, 3.05) is 36.8 Å². The molecule has 150 valence electrons. The van der Waals surface area contributed by atoms with Crippen LogP contribution in [0.3, 0.4) is 0 Å². The number of halogens is 1. The molecule has 0 radical (unpaired) electrons. The van der Waals surface area contributed by atoms with Crippen LogP contribution in [0.1, 0.15) is 5.56 Å². The van der Waals surface area contributed by atoms with Gasteiger partial charge in [0.1, 0.15) is 5.82 Å². The van der Waals surface area contributed by atoms with E-state index in [1.54, 1.807) is 12.1 Å². The minimum atomic E-state index is -0.244. The number of carbonyl (C=O) groups is 1. The Morgan fingerprint density at radius 2 is 1.72 bits per heavy atom. The monoisotopic (exact) mass is 412 g/mol. The number of aromatic nitrogens is 2. The highest BCUT2D eigenvalue weighted by molar-refractivity contribution is 7.99. The molecule has 3 aromatic rings. The summed E-state index contributed by atoms with van der Waals surface area (Å²) in [6.45, 7) is 4.73. The maximum atomic E-state index is 13.1. The minimum Gasteiger partial charge on any atom is -0.411 e. The van der Waals surface area contributed by atoms with E-state index < -0.39 is 0 Å². The van der Waals surface area contributed by atoms with E-state index in [9.17, 15) is 9.18 Å².